The highest BCUT2D eigenvalue weighted by molar-refractivity contribution is 6.05. The van der Waals surface area contributed by atoms with Crippen molar-refractivity contribution in [3.05, 3.63) is 65.0 Å². The third-order valence-electron chi connectivity index (χ3n) is 3.71. The van der Waals surface area contributed by atoms with Gasteiger partial charge >= 0.3 is 0 Å². The minimum atomic E-state index is -0.765. The number of carbonyl (C=O) groups excluding carboxylic acids is 2. The molecule has 0 aliphatic carbocycles. The molecule has 2 aromatic rings. The van der Waals surface area contributed by atoms with E-state index >= 15 is 0 Å². The predicted octanol–water partition coefficient (Wildman–Crippen LogP) is 2.89. The Morgan fingerprint density at radius 2 is 1.80 bits per heavy atom. The van der Waals surface area contributed by atoms with Gasteiger partial charge in [-0.15, -0.1) is 0 Å². The number of aryl methyl sites for hydroxylation is 1. The zero-order chi connectivity index (χ0) is 18.6. The van der Waals surface area contributed by atoms with E-state index in [1.807, 2.05) is 0 Å². The fourth-order valence-electron chi connectivity index (χ4n) is 2.15. The van der Waals surface area contributed by atoms with Crippen molar-refractivity contribution in [3.8, 4) is 0 Å². The quantitative estimate of drug-likeness (QED) is 0.780. The van der Waals surface area contributed by atoms with E-state index in [0.29, 0.717) is 11.3 Å². The Labute approximate surface area is 145 Å². The molecule has 0 spiro atoms. The molecule has 6 heteroatoms. The summed E-state index contributed by atoms with van der Waals surface area (Å²) < 4.78 is 13.7. The molecule has 0 bridgehead atoms. The molecule has 25 heavy (non-hydrogen) atoms. The first-order valence-corrected chi connectivity index (χ1v) is 7.83. The summed E-state index contributed by atoms with van der Waals surface area (Å²) in [7, 11) is 0. The van der Waals surface area contributed by atoms with Crippen LogP contribution in [-0.2, 0) is 0 Å². The van der Waals surface area contributed by atoms with Crippen molar-refractivity contribution < 1.29 is 19.1 Å². The molecule has 0 aromatic heterocycles. The Morgan fingerprint density at radius 3 is 2.44 bits per heavy atom. The number of nitrogens with one attached hydrogen (secondary N) is 2. The molecule has 2 amide bonds. The van der Waals surface area contributed by atoms with Crippen LogP contribution in [0.5, 0.6) is 0 Å². The number of aliphatic hydroxyl groups is 1. The van der Waals surface area contributed by atoms with Crippen LogP contribution >= 0.6 is 0 Å². The van der Waals surface area contributed by atoms with Gasteiger partial charge in [-0.3, -0.25) is 9.59 Å². The van der Waals surface area contributed by atoms with E-state index < -0.39 is 17.3 Å². The lowest BCUT2D eigenvalue weighted by Gasteiger charge is -2.23. The largest absolute Gasteiger partial charge is 0.394 e. The lowest BCUT2D eigenvalue weighted by atomic mass is 10.0. The van der Waals surface area contributed by atoms with Crippen LogP contribution in [0.4, 0.5) is 10.1 Å². The predicted molar refractivity (Wildman–Crippen MR) is 94.2 cm³/mol. The van der Waals surface area contributed by atoms with Gasteiger partial charge in [-0.25, -0.2) is 4.39 Å². The highest BCUT2D eigenvalue weighted by Crippen LogP contribution is 2.19. The Bertz CT molecular complexity index is 803. The standard InChI is InChI=1S/C19H21FN2O3/c1-12-8-9-13(17(24)22-19(2,3)11-23)10-16(12)21-18(25)14-6-4-5-7-15(14)20/h4-10,23H,11H2,1-3H3,(H,21,25)(H,22,24). The van der Waals surface area contributed by atoms with Gasteiger partial charge in [0.1, 0.15) is 5.82 Å². The van der Waals surface area contributed by atoms with E-state index in [4.69, 9.17) is 0 Å². The number of rotatable bonds is 5. The van der Waals surface area contributed by atoms with E-state index in [0.717, 1.165) is 5.56 Å². The molecule has 0 aliphatic heterocycles. The van der Waals surface area contributed by atoms with Crippen LogP contribution in [0, 0.1) is 12.7 Å². The second-order valence-electron chi connectivity index (χ2n) is 6.46. The number of anilines is 1. The van der Waals surface area contributed by atoms with Crippen molar-refractivity contribution in [1.29, 1.82) is 0 Å². The number of aliphatic hydroxyl groups excluding tert-OH is 1. The number of carbonyl (C=O) groups is 2. The molecular formula is C19H21FN2O3. The number of amides is 2. The highest BCUT2D eigenvalue weighted by Gasteiger charge is 2.21. The van der Waals surface area contributed by atoms with Gasteiger partial charge in [-0.2, -0.15) is 0 Å². The number of hydrogen-bond acceptors (Lipinski definition) is 3. The minimum Gasteiger partial charge on any atom is -0.394 e. The van der Waals surface area contributed by atoms with Gasteiger partial charge in [-0.05, 0) is 50.6 Å². The first kappa shape index (κ1) is 18.6. The Hall–Kier alpha value is -2.73. The van der Waals surface area contributed by atoms with Gasteiger partial charge < -0.3 is 15.7 Å². The normalized spacial score (nSPS) is 11.1. The Morgan fingerprint density at radius 1 is 1.12 bits per heavy atom. The van der Waals surface area contributed by atoms with Crippen LogP contribution in [0.1, 0.15) is 40.1 Å². The molecule has 132 valence electrons. The SMILES string of the molecule is Cc1ccc(C(=O)NC(C)(C)CO)cc1NC(=O)c1ccccc1F. The summed E-state index contributed by atoms with van der Waals surface area (Å²) >= 11 is 0. The maximum atomic E-state index is 13.7. The van der Waals surface area contributed by atoms with Crippen molar-refractivity contribution in [2.75, 3.05) is 11.9 Å². The van der Waals surface area contributed by atoms with E-state index in [-0.39, 0.29) is 18.1 Å². The molecule has 3 N–H and O–H groups in total. The van der Waals surface area contributed by atoms with Crippen LogP contribution in [0.3, 0.4) is 0 Å². The lowest BCUT2D eigenvalue weighted by molar-refractivity contribution is 0.0868. The molecule has 5 nitrogen and oxygen atoms in total. The molecule has 0 heterocycles. The van der Waals surface area contributed by atoms with Crippen LogP contribution < -0.4 is 10.6 Å². The summed E-state index contributed by atoms with van der Waals surface area (Å²) in [5, 5.41) is 14.6. The molecule has 0 saturated heterocycles. The Balaban J connectivity index is 2.23. The van der Waals surface area contributed by atoms with E-state index in [1.54, 1.807) is 39.0 Å². The molecule has 0 saturated carbocycles. The number of benzene rings is 2. The Kier molecular flexibility index (Phi) is 5.54. The van der Waals surface area contributed by atoms with Gasteiger partial charge in [0.15, 0.2) is 0 Å². The van der Waals surface area contributed by atoms with Crippen LogP contribution in [0.15, 0.2) is 42.5 Å². The third-order valence-corrected chi connectivity index (χ3v) is 3.71. The van der Waals surface area contributed by atoms with E-state index in [2.05, 4.69) is 10.6 Å². The molecule has 0 aliphatic rings. The van der Waals surface area contributed by atoms with Gasteiger partial charge in [0, 0.05) is 11.3 Å². The summed E-state index contributed by atoms with van der Waals surface area (Å²) in [6, 6.07) is 10.5. The van der Waals surface area contributed by atoms with Gasteiger partial charge in [0.25, 0.3) is 11.8 Å². The maximum absolute atomic E-state index is 13.7. The molecule has 0 radical (unpaired) electrons. The summed E-state index contributed by atoms with van der Waals surface area (Å²) in [6.45, 7) is 4.96. The topological polar surface area (TPSA) is 78.4 Å². The first-order chi connectivity index (χ1) is 11.7. The monoisotopic (exact) mass is 344 g/mol. The van der Waals surface area contributed by atoms with Crippen LogP contribution in [0.2, 0.25) is 0 Å². The van der Waals surface area contributed by atoms with Gasteiger partial charge in [0.2, 0.25) is 0 Å². The second-order valence-corrected chi connectivity index (χ2v) is 6.46. The smallest absolute Gasteiger partial charge is 0.258 e. The maximum Gasteiger partial charge on any atom is 0.258 e. The molecule has 2 rings (SSSR count). The van der Waals surface area contributed by atoms with Crippen LogP contribution in [-0.4, -0.2) is 29.1 Å². The molecular weight excluding hydrogens is 323 g/mol. The first-order valence-electron chi connectivity index (χ1n) is 7.83. The fourth-order valence-corrected chi connectivity index (χ4v) is 2.15. The lowest BCUT2D eigenvalue weighted by Crippen LogP contribution is -2.46. The molecule has 0 atom stereocenters. The van der Waals surface area contributed by atoms with Crippen molar-refractivity contribution in [3.63, 3.8) is 0 Å². The second kappa shape index (κ2) is 7.44. The average Bonchev–Trinajstić information content (AvgIpc) is 2.56. The third kappa shape index (κ3) is 4.64. The van der Waals surface area contributed by atoms with Gasteiger partial charge in [-0.1, -0.05) is 18.2 Å². The summed E-state index contributed by atoms with van der Waals surface area (Å²) in [5.41, 5.74) is 0.651. The van der Waals surface area contributed by atoms with Crippen molar-refractivity contribution in [2.24, 2.45) is 0 Å². The average molecular weight is 344 g/mol. The van der Waals surface area contributed by atoms with E-state index in [1.165, 1.54) is 24.3 Å². The summed E-state index contributed by atoms with van der Waals surface area (Å²) in [5.74, 6) is -1.58. The molecule has 0 unspecified atom stereocenters. The van der Waals surface area contributed by atoms with Gasteiger partial charge in [0.05, 0.1) is 17.7 Å². The van der Waals surface area contributed by atoms with Crippen molar-refractivity contribution in [2.45, 2.75) is 26.3 Å². The summed E-state index contributed by atoms with van der Waals surface area (Å²) in [4.78, 5) is 24.6. The highest BCUT2D eigenvalue weighted by atomic mass is 19.1. The summed E-state index contributed by atoms with van der Waals surface area (Å²) in [6.07, 6.45) is 0. The zero-order valence-corrected chi connectivity index (χ0v) is 14.4. The van der Waals surface area contributed by atoms with Crippen molar-refractivity contribution in [1.82, 2.24) is 5.32 Å². The minimum absolute atomic E-state index is 0.0711. The zero-order valence-electron chi connectivity index (χ0n) is 14.4. The van der Waals surface area contributed by atoms with E-state index in [9.17, 15) is 19.1 Å². The number of hydrogen-bond donors (Lipinski definition) is 3. The molecule has 2 aromatic carbocycles. The van der Waals surface area contributed by atoms with Crippen LogP contribution in [0.25, 0.3) is 0 Å². The fraction of sp³-hybridized carbons (Fsp3) is 0.263. The number of halogens is 1. The molecule has 0 fully saturated rings. The van der Waals surface area contributed by atoms with Crippen molar-refractivity contribution >= 4 is 17.5 Å².